The largest absolute Gasteiger partial charge is 0.350 e. The van der Waals surface area contributed by atoms with Crippen LogP contribution in [-0.4, -0.2) is 5.91 Å². The van der Waals surface area contributed by atoms with Crippen LogP contribution >= 0.6 is 11.6 Å². The molecule has 1 N–H and O–H groups in total. The molecule has 0 aliphatic carbocycles. The molecule has 0 spiro atoms. The summed E-state index contributed by atoms with van der Waals surface area (Å²) in [7, 11) is 0. The highest BCUT2D eigenvalue weighted by atomic mass is 35.5. The minimum atomic E-state index is -0.741. The van der Waals surface area contributed by atoms with E-state index in [9.17, 15) is 9.18 Å². The van der Waals surface area contributed by atoms with E-state index < -0.39 is 5.38 Å². The van der Waals surface area contributed by atoms with Gasteiger partial charge in [0.05, 0.1) is 0 Å². The van der Waals surface area contributed by atoms with E-state index in [2.05, 4.69) is 5.32 Å². The molecule has 2 aromatic carbocycles. The zero-order chi connectivity index (χ0) is 13.7. The van der Waals surface area contributed by atoms with Crippen molar-refractivity contribution in [3.63, 3.8) is 0 Å². The molecule has 0 radical (unpaired) electrons. The van der Waals surface area contributed by atoms with Crippen LogP contribution in [0.4, 0.5) is 4.39 Å². The maximum atomic E-state index is 13.0. The highest BCUT2D eigenvalue weighted by molar-refractivity contribution is 6.30. The molecule has 2 aromatic rings. The summed E-state index contributed by atoms with van der Waals surface area (Å²) in [5.41, 5.74) is 1.44. The number of rotatable bonds is 4. The van der Waals surface area contributed by atoms with E-state index in [0.717, 1.165) is 5.56 Å². The van der Waals surface area contributed by atoms with Crippen molar-refractivity contribution in [1.82, 2.24) is 5.32 Å². The summed E-state index contributed by atoms with van der Waals surface area (Å²) in [6, 6.07) is 15.2. The molecule has 98 valence electrons. The van der Waals surface area contributed by atoms with Gasteiger partial charge < -0.3 is 5.32 Å². The first kappa shape index (κ1) is 13.6. The summed E-state index contributed by atoms with van der Waals surface area (Å²) in [4.78, 5) is 11.9. The lowest BCUT2D eigenvalue weighted by atomic mass is 10.1. The van der Waals surface area contributed by atoms with Crippen molar-refractivity contribution >= 4 is 17.5 Å². The van der Waals surface area contributed by atoms with Crippen LogP contribution in [0, 0.1) is 5.82 Å². The van der Waals surface area contributed by atoms with Crippen LogP contribution in [0.2, 0.25) is 0 Å². The van der Waals surface area contributed by atoms with Crippen molar-refractivity contribution < 1.29 is 9.18 Å². The Balaban J connectivity index is 1.95. The average Bonchev–Trinajstić information content (AvgIpc) is 2.45. The van der Waals surface area contributed by atoms with Gasteiger partial charge >= 0.3 is 0 Å². The van der Waals surface area contributed by atoms with Crippen molar-refractivity contribution in [3.8, 4) is 0 Å². The fourth-order valence-corrected chi connectivity index (χ4v) is 1.92. The van der Waals surface area contributed by atoms with E-state index >= 15 is 0 Å². The molecule has 2 nitrogen and oxygen atoms in total. The molecule has 2 rings (SSSR count). The predicted octanol–water partition coefficient (Wildman–Crippen LogP) is 3.42. The summed E-state index contributed by atoms with van der Waals surface area (Å²) in [5, 5.41) is 1.95. The molecule has 0 aromatic heterocycles. The highest BCUT2D eigenvalue weighted by Crippen LogP contribution is 2.20. The summed E-state index contributed by atoms with van der Waals surface area (Å²) in [6.45, 7) is 0.257. The number of hydrogen-bond donors (Lipinski definition) is 1. The van der Waals surface area contributed by atoms with Crippen molar-refractivity contribution in [2.45, 2.75) is 11.9 Å². The molecule has 0 fully saturated rings. The quantitative estimate of drug-likeness (QED) is 0.853. The first-order valence-corrected chi connectivity index (χ1v) is 6.31. The number of hydrogen-bond acceptors (Lipinski definition) is 1. The van der Waals surface area contributed by atoms with Crippen LogP contribution < -0.4 is 5.32 Å². The molecule has 0 heterocycles. The molecule has 1 atom stereocenters. The van der Waals surface area contributed by atoms with Crippen LogP contribution in [-0.2, 0) is 11.3 Å². The van der Waals surface area contributed by atoms with Gasteiger partial charge in [0, 0.05) is 6.54 Å². The van der Waals surface area contributed by atoms with Gasteiger partial charge in [-0.25, -0.2) is 4.39 Å². The van der Waals surface area contributed by atoms with Gasteiger partial charge in [-0.05, 0) is 23.3 Å². The summed E-state index contributed by atoms with van der Waals surface area (Å²) < 4.78 is 13.0. The monoisotopic (exact) mass is 277 g/mol. The van der Waals surface area contributed by atoms with Gasteiger partial charge in [-0.2, -0.15) is 0 Å². The van der Waals surface area contributed by atoms with Crippen molar-refractivity contribution in [3.05, 3.63) is 71.5 Å². The maximum absolute atomic E-state index is 13.0. The van der Waals surface area contributed by atoms with Crippen molar-refractivity contribution in [2.24, 2.45) is 0 Å². The number of carbonyl (C=O) groups excluding carboxylic acids is 1. The Labute approximate surface area is 116 Å². The van der Waals surface area contributed by atoms with Gasteiger partial charge in [0.25, 0.3) is 0 Å². The third kappa shape index (κ3) is 3.80. The molecule has 1 amide bonds. The molecule has 19 heavy (non-hydrogen) atoms. The van der Waals surface area contributed by atoms with Crippen molar-refractivity contribution in [2.75, 3.05) is 0 Å². The first-order chi connectivity index (χ1) is 9.16. The van der Waals surface area contributed by atoms with E-state index in [1.54, 1.807) is 24.3 Å². The SMILES string of the molecule is O=C(NCc1cccc(F)c1)C(Cl)c1ccccc1. The van der Waals surface area contributed by atoms with Crippen LogP contribution in [0.5, 0.6) is 0 Å². The zero-order valence-electron chi connectivity index (χ0n) is 10.1. The minimum absolute atomic E-state index is 0.257. The Bertz CT molecular complexity index is 559. The summed E-state index contributed by atoms with van der Waals surface area (Å²) >= 11 is 6.07. The molecule has 0 bridgehead atoms. The number of carbonyl (C=O) groups is 1. The smallest absolute Gasteiger partial charge is 0.242 e. The highest BCUT2D eigenvalue weighted by Gasteiger charge is 2.16. The second kappa shape index (κ2) is 6.34. The lowest BCUT2D eigenvalue weighted by molar-refractivity contribution is -0.121. The Morgan fingerprint density at radius 3 is 2.58 bits per heavy atom. The molecule has 0 saturated carbocycles. The van der Waals surface area contributed by atoms with Crippen LogP contribution in [0.15, 0.2) is 54.6 Å². The van der Waals surface area contributed by atoms with Gasteiger partial charge in [0.15, 0.2) is 0 Å². The molecule has 4 heteroatoms. The normalized spacial score (nSPS) is 11.9. The van der Waals surface area contributed by atoms with E-state index in [0.29, 0.717) is 5.56 Å². The van der Waals surface area contributed by atoms with E-state index in [4.69, 9.17) is 11.6 Å². The molecular formula is C15H13ClFNO. The average molecular weight is 278 g/mol. The van der Waals surface area contributed by atoms with Gasteiger partial charge in [-0.3, -0.25) is 4.79 Å². The summed E-state index contributed by atoms with van der Waals surface area (Å²) in [5.74, 6) is -0.616. The third-order valence-electron chi connectivity index (χ3n) is 2.68. The minimum Gasteiger partial charge on any atom is -0.350 e. The fourth-order valence-electron chi connectivity index (χ4n) is 1.70. The number of alkyl halides is 1. The van der Waals surface area contributed by atoms with E-state index in [1.807, 2.05) is 18.2 Å². The van der Waals surface area contributed by atoms with Gasteiger partial charge in [0.1, 0.15) is 11.2 Å². The Hall–Kier alpha value is -1.87. The second-order valence-electron chi connectivity index (χ2n) is 4.12. The number of nitrogens with one attached hydrogen (secondary N) is 1. The third-order valence-corrected chi connectivity index (χ3v) is 3.13. The molecular weight excluding hydrogens is 265 g/mol. The van der Waals surface area contributed by atoms with Crippen LogP contribution in [0.1, 0.15) is 16.5 Å². The van der Waals surface area contributed by atoms with Gasteiger partial charge in [-0.15, -0.1) is 11.6 Å². The zero-order valence-corrected chi connectivity index (χ0v) is 10.9. The van der Waals surface area contributed by atoms with E-state index in [1.165, 1.54) is 12.1 Å². The molecule has 0 aliphatic rings. The number of amides is 1. The Kier molecular flexibility index (Phi) is 4.53. The molecule has 0 aliphatic heterocycles. The standard InChI is InChI=1S/C15H13ClFNO/c16-14(12-6-2-1-3-7-12)15(19)18-10-11-5-4-8-13(17)9-11/h1-9,14H,10H2,(H,18,19). The number of benzene rings is 2. The Morgan fingerprint density at radius 1 is 1.16 bits per heavy atom. The first-order valence-electron chi connectivity index (χ1n) is 5.88. The molecule has 0 saturated heterocycles. The van der Waals surface area contributed by atoms with Gasteiger partial charge in [-0.1, -0.05) is 42.5 Å². The van der Waals surface area contributed by atoms with Gasteiger partial charge in [0.2, 0.25) is 5.91 Å². The second-order valence-corrected chi connectivity index (χ2v) is 4.56. The lowest BCUT2D eigenvalue weighted by Gasteiger charge is -2.10. The maximum Gasteiger partial charge on any atom is 0.242 e. The van der Waals surface area contributed by atoms with Crippen molar-refractivity contribution in [1.29, 1.82) is 0 Å². The van der Waals surface area contributed by atoms with Crippen LogP contribution in [0.3, 0.4) is 0 Å². The van der Waals surface area contributed by atoms with Crippen LogP contribution in [0.25, 0.3) is 0 Å². The van der Waals surface area contributed by atoms with E-state index in [-0.39, 0.29) is 18.3 Å². The topological polar surface area (TPSA) is 29.1 Å². The summed E-state index contributed by atoms with van der Waals surface area (Å²) in [6.07, 6.45) is 0. The predicted molar refractivity (Wildman–Crippen MR) is 73.3 cm³/mol. The molecule has 1 unspecified atom stereocenters. The Morgan fingerprint density at radius 2 is 1.89 bits per heavy atom. The lowest BCUT2D eigenvalue weighted by Crippen LogP contribution is -2.26. The fraction of sp³-hybridized carbons (Fsp3) is 0.133. The number of halogens is 2.